The number of nitrogens with zero attached hydrogens (tertiary/aromatic N) is 1. The molecule has 5 heteroatoms. The minimum atomic E-state index is -0.496. The zero-order chi connectivity index (χ0) is 20.2. The van der Waals surface area contributed by atoms with Gasteiger partial charge in [0.2, 0.25) is 0 Å². The fraction of sp³-hybridized carbons (Fsp3) is 0.435. The van der Waals surface area contributed by atoms with Gasteiger partial charge in [0, 0.05) is 39.3 Å². The van der Waals surface area contributed by atoms with E-state index in [2.05, 4.69) is 34.9 Å². The van der Waals surface area contributed by atoms with E-state index in [1.165, 1.54) is 11.1 Å². The van der Waals surface area contributed by atoms with Crippen LogP contribution in [0.5, 0.6) is 0 Å². The monoisotopic (exact) mass is 383 g/mol. The molecule has 1 amide bonds. The van der Waals surface area contributed by atoms with Gasteiger partial charge in [-0.2, -0.15) is 0 Å². The molecule has 0 radical (unpaired) electrons. The summed E-state index contributed by atoms with van der Waals surface area (Å²) >= 11 is 0. The molecule has 0 heterocycles. The van der Waals surface area contributed by atoms with E-state index in [9.17, 15) is 4.79 Å². The SMILES string of the molecule is CC(C)(C)OC(=O)N(CCNCc1ccccc1)CCNCc1ccccc1. The van der Waals surface area contributed by atoms with Gasteiger partial charge in [-0.15, -0.1) is 0 Å². The van der Waals surface area contributed by atoms with Crippen LogP contribution >= 0.6 is 0 Å². The van der Waals surface area contributed by atoms with Crippen molar-refractivity contribution in [3.8, 4) is 0 Å². The van der Waals surface area contributed by atoms with Crippen LogP contribution in [0.15, 0.2) is 60.7 Å². The maximum atomic E-state index is 12.5. The van der Waals surface area contributed by atoms with Gasteiger partial charge in [0.25, 0.3) is 0 Å². The second-order valence-corrected chi connectivity index (χ2v) is 7.79. The highest BCUT2D eigenvalue weighted by Gasteiger charge is 2.21. The molecular formula is C23H33N3O2. The summed E-state index contributed by atoms with van der Waals surface area (Å²) in [6, 6.07) is 20.5. The number of hydrogen-bond donors (Lipinski definition) is 2. The van der Waals surface area contributed by atoms with Crippen molar-refractivity contribution in [2.45, 2.75) is 39.5 Å². The second-order valence-electron chi connectivity index (χ2n) is 7.79. The van der Waals surface area contributed by atoms with E-state index >= 15 is 0 Å². The smallest absolute Gasteiger partial charge is 0.410 e. The predicted octanol–water partition coefficient (Wildman–Crippen LogP) is 3.80. The number of amides is 1. The van der Waals surface area contributed by atoms with E-state index in [0.717, 1.165) is 13.1 Å². The standard InChI is InChI=1S/C23H33N3O2/c1-23(2,3)28-22(27)26(16-14-24-18-20-10-6-4-7-11-20)17-15-25-19-21-12-8-5-9-13-21/h4-13,24-25H,14-19H2,1-3H3. The van der Waals surface area contributed by atoms with Crippen LogP contribution in [0.1, 0.15) is 31.9 Å². The number of carbonyl (C=O) groups excluding carboxylic acids is 1. The lowest BCUT2D eigenvalue weighted by Crippen LogP contribution is -2.43. The van der Waals surface area contributed by atoms with Crippen molar-refractivity contribution in [1.29, 1.82) is 0 Å². The van der Waals surface area contributed by atoms with Gasteiger partial charge in [-0.3, -0.25) is 0 Å². The molecule has 2 aromatic rings. The topological polar surface area (TPSA) is 53.6 Å². The van der Waals surface area contributed by atoms with Crippen LogP contribution < -0.4 is 10.6 Å². The first-order valence-electron chi connectivity index (χ1n) is 9.91. The molecule has 0 aliphatic rings. The van der Waals surface area contributed by atoms with E-state index in [-0.39, 0.29) is 6.09 Å². The van der Waals surface area contributed by atoms with E-state index in [4.69, 9.17) is 4.74 Å². The maximum Gasteiger partial charge on any atom is 0.410 e. The Morgan fingerprint density at radius 3 is 1.64 bits per heavy atom. The van der Waals surface area contributed by atoms with Crippen molar-refractivity contribution in [3.63, 3.8) is 0 Å². The van der Waals surface area contributed by atoms with Crippen LogP contribution in [-0.2, 0) is 17.8 Å². The molecule has 0 atom stereocenters. The summed E-state index contributed by atoms with van der Waals surface area (Å²) in [5.74, 6) is 0. The second kappa shape index (κ2) is 11.5. The van der Waals surface area contributed by atoms with E-state index in [1.807, 2.05) is 57.2 Å². The molecule has 0 fully saturated rings. The lowest BCUT2D eigenvalue weighted by atomic mass is 10.2. The largest absolute Gasteiger partial charge is 0.444 e. The third-order valence-corrected chi connectivity index (χ3v) is 4.11. The van der Waals surface area contributed by atoms with Crippen molar-refractivity contribution >= 4 is 6.09 Å². The highest BCUT2D eigenvalue weighted by molar-refractivity contribution is 5.68. The normalized spacial score (nSPS) is 11.2. The lowest BCUT2D eigenvalue weighted by molar-refractivity contribution is 0.0253. The Balaban J connectivity index is 1.77. The molecule has 5 nitrogen and oxygen atoms in total. The molecule has 2 aromatic carbocycles. The molecule has 0 spiro atoms. The molecule has 0 saturated carbocycles. The van der Waals surface area contributed by atoms with Gasteiger partial charge in [0.15, 0.2) is 0 Å². The predicted molar refractivity (Wildman–Crippen MR) is 114 cm³/mol. The molecule has 0 unspecified atom stereocenters. The number of benzene rings is 2. The molecule has 0 bridgehead atoms. The van der Waals surface area contributed by atoms with Crippen LogP contribution in [0.2, 0.25) is 0 Å². The van der Waals surface area contributed by atoms with Gasteiger partial charge >= 0.3 is 6.09 Å². The Morgan fingerprint density at radius 1 is 0.821 bits per heavy atom. The summed E-state index contributed by atoms with van der Waals surface area (Å²) in [6.45, 7) is 9.90. The average Bonchev–Trinajstić information content (AvgIpc) is 2.67. The minimum Gasteiger partial charge on any atom is -0.444 e. The first-order chi connectivity index (χ1) is 13.4. The summed E-state index contributed by atoms with van der Waals surface area (Å²) in [5, 5.41) is 6.79. The van der Waals surface area contributed by atoms with Gasteiger partial charge in [-0.25, -0.2) is 4.79 Å². The van der Waals surface area contributed by atoms with Crippen molar-refractivity contribution in [2.75, 3.05) is 26.2 Å². The highest BCUT2D eigenvalue weighted by Crippen LogP contribution is 2.09. The molecule has 2 rings (SSSR count). The zero-order valence-electron chi connectivity index (χ0n) is 17.3. The van der Waals surface area contributed by atoms with Gasteiger partial charge in [-0.05, 0) is 31.9 Å². The van der Waals surface area contributed by atoms with Gasteiger partial charge in [0.1, 0.15) is 5.60 Å². The summed E-state index contributed by atoms with van der Waals surface area (Å²) < 4.78 is 5.56. The van der Waals surface area contributed by atoms with Crippen molar-refractivity contribution in [3.05, 3.63) is 71.8 Å². The van der Waals surface area contributed by atoms with E-state index in [1.54, 1.807) is 4.90 Å². The number of ether oxygens (including phenoxy) is 1. The van der Waals surface area contributed by atoms with Crippen molar-refractivity contribution in [1.82, 2.24) is 15.5 Å². The van der Waals surface area contributed by atoms with Crippen LogP contribution in [0, 0.1) is 0 Å². The Morgan fingerprint density at radius 2 is 1.25 bits per heavy atom. The highest BCUT2D eigenvalue weighted by atomic mass is 16.6. The van der Waals surface area contributed by atoms with Crippen molar-refractivity contribution in [2.24, 2.45) is 0 Å². The Bertz CT molecular complexity index is 636. The van der Waals surface area contributed by atoms with Gasteiger partial charge in [-0.1, -0.05) is 60.7 Å². The summed E-state index contributed by atoms with van der Waals surface area (Å²) in [6.07, 6.45) is -0.268. The summed E-state index contributed by atoms with van der Waals surface area (Å²) in [4.78, 5) is 14.3. The number of nitrogens with one attached hydrogen (secondary N) is 2. The van der Waals surface area contributed by atoms with E-state index in [0.29, 0.717) is 26.2 Å². The number of hydrogen-bond acceptors (Lipinski definition) is 4. The molecule has 0 aromatic heterocycles. The van der Waals surface area contributed by atoms with Crippen LogP contribution in [0.3, 0.4) is 0 Å². The number of carbonyl (C=O) groups is 1. The first kappa shape index (κ1) is 21.9. The molecule has 0 aliphatic heterocycles. The fourth-order valence-electron chi connectivity index (χ4n) is 2.71. The maximum absolute atomic E-state index is 12.5. The zero-order valence-corrected chi connectivity index (χ0v) is 17.3. The van der Waals surface area contributed by atoms with Gasteiger partial charge < -0.3 is 20.3 Å². The third kappa shape index (κ3) is 9.02. The Labute approximate surface area is 169 Å². The van der Waals surface area contributed by atoms with Gasteiger partial charge in [0.05, 0.1) is 0 Å². The third-order valence-electron chi connectivity index (χ3n) is 4.11. The Hall–Kier alpha value is -2.37. The average molecular weight is 384 g/mol. The molecule has 28 heavy (non-hydrogen) atoms. The fourth-order valence-corrected chi connectivity index (χ4v) is 2.71. The van der Waals surface area contributed by atoms with Crippen LogP contribution in [0.4, 0.5) is 4.79 Å². The first-order valence-corrected chi connectivity index (χ1v) is 9.91. The molecule has 152 valence electrons. The van der Waals surface area contributed by atoms with Crippen LogP contribution in [-0.4, -0.2) is 42.8 Å². The summed E-state index contributed by atoms with van der Waals surface area (Å²) in [5.41, 5.74) is 1.97. The van der Waals surface area contributed by atoms with Crippen molar-refractivity contribution < 1.29 is 9.53 Å². The summed E-state index contributed by atoms with van der Waals surface area (Å²) in [7, 11) is 0. The number of rotatable bonds is 10. The quantitative estimate of drug-likeness (QED) is 0.613. The molecular weight excluding hydrogens is 350 g/mol. The molecule has 0 saturated heterocycles. The molecule has 0 aliphatic carbocycles. The van der Waals surface area contributed by atoms with Crippen LogP contribution in [0.25, 0.3) is 0 Å². The lowest BCUT2D eigenvalue weighted by Gasteiger charge is -2.27. The van der Waals surface area contributed by atoms with E-state index < -0.39 is 5.60 Å². The molecule has 2 N–H and O–H groups in total. The Kier molecular flexibility index (Phi) is 8.98. The minimum absolute atomic E-state index is 0.268.